The summed E-state index contributed by atoms with van der Waals surface area (Å²) in [7, 11) is 4.46. The highest BCUT2D eigenvalue weighted by atomic mass is 16.6. The molecule has 0 amide bonds. The quantitative estimate of drug-likeness (QED) is 0.330. The smallest absolute Gasteiger partial charge is 0.330 e. The minimum Gasteiger partial charge on any atom is -0.493 e. The maximum atomic E-state index is 13.3. The molecule has 2 rings (SSSR count). The Morgan fingerprint density at radius 3 is 1.84 bits per heavy atom. The summed E-state index contributed by atoms with van der Waals surface area (Å²) in [6.45, 7) is 11.5. The van der Waals surface area contributed by atoms with Gasteiger partial charge in [0, 0.05) is 0 Å². The molecule has 31 heavy (non-hydrogen) atoms. The third-order valence-electron chi connectivity index (χ3n) is 5.32. The van der Waals surface area contributed by atoms with Gasteiger partial charge in [0.05, 0.1) is 40.6 Å². The van der Waals surface area contributed by atoms with Gasteiger partial charge >= 0.3 is 11.9 Å². The van der Waals surface area contributed by atoms with E-state index < -0.39 is 29.6 Å². The molecule has 0 aliphatic carbocycles. The molecule has 1 fully saturated rings. The Labute approximate surface area is 183 Å². The Hall–Kier alpha value is -2.74. The lowest BCUT2D eigenvalue weighted by Crippen LogP contribution is -2.46. The van der Waals surface area contributed by atoms with Crippen LogP contribution in [0.15, 0.2) is 24.3 Å². The molecular weight excluding hydrogens is 404 g/mol. The maximum Gasteiger partial charge on any atom is 0.330 e. The fourth-order valence-electron chi connectivity index (χ4n) is 3.91. The predicted octanol–water partition coefficient (Wildman–Crippen LogP) is 3.48. The average Bonchev–Trinajstić information content (AvgIpc) is 3.07. The molecule has 1 aliphatic rings. The van der Waals surface area contributed by atoms with Crippen LogP contribution in [0.1, 0.15) is 39.4 Å². The molecule has 0 bridgehead atoms. The molecule has 1 aromatic rings. The number of carbonyl (C=O) groups is 2. The monoisotopic (exact) mass is 436 g/mol. The van der Waals surface area contributed by atoms with Crippen molar-refractivity contribution in [3.63, 3.8) is 0 Å². The fourth-order valence-corrected chi connectivity index (χ4v) is 3.91. The van der Waals surface area contributed by atoms with Gasteiger partial charge < -0.3 is 28.4 Å². The van der Waals surface area contributed by atoms with E-state index in [4.69, 9.17) is 28.4 Å². The Morgan fingerprint density at radius 1 is 1.00 bits per heavy atom. The van der Waals surface area contributed by atoms with Crippen molar-refractivity contribution in [1.29, 1.82) is 0 Å². The van der Waals surface area contributed by atoms with Crippen LogP contribution in [0, 0.1) is 11.3 Å². The van der Waals surface area contributed by atoms with Crippen LogP contribution >= 0.6 is 0 Å². The highest BCUT2D eigenvalue weighted by Crippen LogP contribution is 2.56. The van der Waals surface area contributed by atoms with E-state index in [1.807, 2.05) is 13.8 Å². The number of methoxy groups -OCH3 is 3. The summed E-state index contributed by atoms with van der Waals surface area (Å²) in [5, 5.41) is 0. The van der Waals surface area contributed by atoms with E-state index in [0.717, 1.165) is 0 Å². The van der Waals surface area contributed by atoms with Gasteiger partial charge in [-0.05, 0) is 43.0 Å². The first-order chi connectivity index (χ1) is 14.7. The molecule has 172 valence electrons. The minimum absolute atomic E-state index is 0.0530. The Balaban J connectivity index is 2.81. The number of hydrogen-bond donors (Lipinski definition) is 0. The second-order valence-electron chi connectivity index (χ2n) is 7.41. The number of esters is 2. The molecule has 0 aromatic heterocycles. The standard InChI is InChI=1S/C23H32O8/c1-9-29-21(24)23(22(25)30-10-2)14(5)18(13(3)4)31-20(23)15-11-16(26-6)19(28-8)17(12-15)27-7/h11-13,18,20H,5,9-10H2,1-4,6-8H3. The van der Waals surface area contributed by atoms with Crippen LogP contribution < -0.4 is 14.2 Å². The van der Waals surface area contributed by atoms with Crippen molar-refractivity contribution in [2.75, 3.05) is 34.5 Å². The minimum atomic E-state index is -1.87. The molecule has 0 spiro atoms. The summed E-state index contributed by atoms with van der Waals surface area (Å²) in [6, 6.07) is 3.30. The Kier molecular flexibility index (Phi) is 7.95. The molecule has 0 N–H and O–H groups in total. The maximum absolute atomic E-state index is 13.3. The Bertz CT molecular complexity index is 786. The SMILES string of the molecule is C=C1C(C(C)C)OC(c2cc(OC)c(OC)c(OC)c2)C1(C(=O)OCC)C(=O)OCC. The van der Waals surface area contributed by atoms with Crippen LogP contribution in [0.4, 0.5) is 0 Å². The summed E-state index contributed by atoms with van der Waals surface area (Å²) in [5.41, 5.74) is -1.09. The van der Waals surface area contributed by atoms with Crippen LogP contribution in [0.2, 0.25) is 0 Å². The zero-order valence-corrected chi connectivity index (χ0v) is 19.3. The number of benzene rings is 1. The predicted molar refractivity (Wildman–Crippen MR) is 113 cm³/mol. The van der Waals surface area contributed by atoms with Gasteiger partial charge in [-0.25, -0.2) is 0 Å². The summed E-state index contributed by atoms with van der Waals surface area (Å²) in [4.78, 5) is 26.7. The van der Waals surface area contributed by atoms with Crippen LogP contribution in [-0.2, 0) is 23.8 Å². The molecule has 2 unspecified atom stereocenters. The molecule has 8 heteroatoms. The van der Waals surface area contributed by atoms with Crippen molar-refractivity contribution in [3.05, 3.63) is 29.8 Å². The van der Waals surface area contributed by atoms with Crippen LogP contribution in [-0.4, -0.2) is 52.6 Å². The molecular formula is C23H32O8. The summed E-state index contributed by atoms with van der Waals surface area (Å²) in [6.07, 6.45) is -1.63. The summed E-state index contributed by atoms with van der Waals surface area (Å²) < 4.78 is 33.3. The van der Waals surface area contributed by atoms with Crippen molar-refractivity contribution >= 4 is 11.9 Å². The molecule has 1 saturated heterocycles. The number of carbonyl (C=O) groups excluding carboxylic acids is 2. The first-order valence-electron chi connectivity index (χ1n) is 10.2. The van der Waals surface area contributed by atoms with E-state index in [1.54, 1.807) is 26.0 Å². The molecule has 8 nitrogen and oxygen atoms in total. The molecule has 1 aromatic carbocycles. The van der Waals surface area contributed by atoms with E-state index in [1.165, 1.54) is 21.3 Å². The number of hydrogen-bond acceptors (Lipinski definition) is 8. The number of rotatable bonds is 9. The second kappa shape index (κ2) is 10.0. The van der Waals surface area contributed by atoms with Gasteiger partial charge in [0.15, 0.2) is 11.5 Å². The third-order valence-corrected chi connectivity index (χ3v) is 5.32. The van der Waals surface area contributed by atoms with Gasteiger partial charge in [-0.2, -0.15) is 0 Å². The highest BCUT2D eigenvalue weighted by molar-refractivity contribution is 6.05. The first-order valence-corrected chi connectivity index (χ1v) is 10.2. The van der Waals surface area contributed by atoms with Crippen LogP contribution in [0.5, 0.6) is 17.2 Å². The molecule has 0 radical (unpaired) electrons. The summed E-state index contributed by atoms with van der Waals surface area (Å²) >= 11 is 0. The zero-order chi connectivity index (χ0) is 23.3. The highest BCUT2D eigenvalue weighted by Gasteiger charge is 2.65. The first kappa shape index (κ1) is 24.5. The number of ether oxygens (including phenoxy) is 6. The van der Waals surface area contributed by atoms with E-state index >= 15 is 0 Å². The Morgan fingerprint density at radius 2 is 1.48 bits per heavy atom. The van der Waals surface area contributed by atoms with E-state index in [0.29, 0.717) is 28.4 Å². The normalized spacial score (nSPS) is 19.8. The van der Waals surface area contributed by atoms with Gasteiger partial charge in [-0.15, -0.1) is 0 Å². The largest absolute Gasteiger partial charge is 0.493 e. The molecule has 2 atom stereocenters. The lowest BCUT2D eigenvalue weighted by molar-refractivity contribution is -0.174. The van der Waals surface area contributed by atoms with Crippen LogP contribution in [0.25, 0.3) is 0 Å². The van der Waals surface area contributed by atoms with Crippen molar-refractivity contribution in [3.8, 4) is 17.2 Å². The summed E-state index contributed by atoms with van der Waals surface area (Å²) in [5.74, 6) is -0.478. The van der Waals surface area contributed by atoms with Gasteiger partial charge in [0.25, 0.3) is 0 Å². The van der Waals surface area contributed by atoms with E-state index in [-0.39, 0.29) is 19.1 Å². The van der Waals surface area contributed by atoms with Gasteiger partial charge in [-0.1, -0.05) is 20.4 Å². The second-order valence-corrected chi connectivity index (χ2v) is 7.41. The van der Waals surface area contributed by atoms with Crippen LogP contribution in [0.3, 0.4) is 0 Å². The molecule has 0 saturated carbocycles. The third kappa shape index (κ3) is 4.08. The van der Waals surface area contributed by atoms with Crippen molar-refractivity contribution in [2.24, 2.45) is 11.3 Å². The van der Waals surface area contributed by atoms with Gasteiger partial charge in [0.2, 0.25) is 11.2 Å². The topological polar surface area (TPSA) is 89.5 Å². The fraction of sp³-hybridized carbons (Fsp3) is 0.565. The van der Waals surface area contributed by atoms with Crippen molar-refractivity contribution < 1.29 is 38.0 Å². The van der Waals surface area contributed by atoms with Crippen molar-refractivity contribution in [2.45, 2.75) is 39.9 Å². The lowest BCUT2D eigenvalue weighted by Gasteiger charge is -2.31. The van der Waals surface area contributed by atoms with Gasteiger partial charge in [-0.3, -0.25) is 9.59 Å². The lowest BCUT2D eigenvalue weighted by atomic mass is 9.72. The van der Waals surface area contributed by atoms with E-state index in [9.17, 15) is 9.59 Å². The van der Waals surface area contributed by atoms with Gasteiger partial charge in [0.1, 0.15) is 6.10 Å². The van der Waals surface area contributed by atoms with Crippen molar-refractivity contribution in [1.82, 2.24) is 0 Å². The average molecular weight is 437 g/mol. The zero-order valence-electron chi connectivity index (χ0n) is 19.3. The van der Waals surface area contributed by atoms with E-state index in [2.05, 4.69) is 6.58 Å². The molecule has 1 aliphatic heterocycles. The molecule has 1 heterocycles.